The van der Waals surface area contributed by atoms with E-state index in [1.54, 1.807) is 0 Å². The molecule has 0 aromatic carbocycles. The van der Waals surface area contributed by atoms with E-state index in [0.29, 0.717) is 5.96 Å². The molecule has 5 nitrogen and oxygen atoms in total. The second-order valence-electron chi connectivity index (χ2n) is 6.49. The van der Waals surface area contributed by atoms with Crippen molar-refractivity contribution < 1.29 is 0 Å². The molecular formula is C15H32IN5. The molecule has 2 aliphatic rings. The summed E-state index contributed by atoms with van der Waals surface area (Å²) in [5.41, 5.74) is 5.89. The van der Waals surface area contributed by atoms with E-state index in [1.807, 2.05) is 0 Å². The molecule has 0 aromatic rings. The Morgan fingerprint density at radius 1 is 1.24 bits per heavy atom. The summed E-state index contributed by atoms with van der Waals surface area (Å²) >= 11 is 0. The van der Waals surface area contributed by atoms with E-state index in [4.69, 9.17) is 5.73 Å². The lowest BCUT2D eigenvalue weighted by atomic mass is 9.86. The van der Waals surface area contributed by atoms with Crippen LogP contribution in [0.4, 0.5) is 0 Å². The van der Waals surface area contributed by atoms with Crippen LogP contribution in [0.1, 0.15) is 32.1 Å². The van der Waals surface area contributed by atoms with Crippen LogP contribution in [0.2, 0.25) is 0 Å². The second kappa shape index (κ2) is 9.84. The number of nitrogens with one attached hydrogen (secondary N) is 1. The highest BCUT2D eigenvalue weighted by molar-refractivity contribution is 14.0. The lowest BCUT2D eigenvalue weighted by Gasteiger charge is -2.35. The van der Waals surface area contributed by atoms with Gasteiger partial charge in [0.15, 0.2) is 5.96 Å². The second-order valence-corrected chi connectivity index (χ2v) is 6.49. The summed E-state index contributed by atoms with van der Waals surface area (Å²) in [6.07, 6.45) is 6.59. The lowest BCUT2D eigenvalue weighted by molar-refractivity contribution is 0.147. The van der Waals surface area contributed by atoms with Crippen LogP contribution in [0.3, 0.4) is 0 Å². The molecule has 3 N–H and O–H groups in total. The zero-order chi connectivity index (χ0) is 14.4. The van der Waals surface area contributed by atoms with Gasteiger partial charge in [0.25, 0.3) is 0 Å². The first kappa shape index (κ1) is 19.0. The third kappa shape index (κ3) is 6.69. The summed E-state index contributed by atoms with van der Waals surface area (Å²) in [4.78, 5) is 9.29. The molecule has 1 saturated carbocycles. The van der Waals surface area contributed by atoms with Crippen LogP contribution in [-0.2, 0) is 0 Å². The molecule has 0 bridgehead atoms. The van der Waals surface area contributed by atoms with Crippen molar-refractivity contribution >= 4 is 29.9 Å². The van der Waals surface area contributed by atoms with Gasteiger partial charge in [-0.2, -0.15) is 0 Å². The fourth-order valence-electron chi connectivity index (χ4n) is 2.96. The average molecular weight is 409 g/mol. The van der Waals surface area contributed by atoms with E-state index in [0.717, 1.165) is 31.6 Å². The first-order chi connectivity index (χ1) is 9.65. The van der Waals surface area contributed by atoms with Gasteiger partial charge in [0, 0.05) is 25.7 Å². The molecule has 1 heterocycles. The predicted molar refractivity (Wildman–Crippen MR) is 100 cm³/mol. The van der Waals surface area contributed by atoms with Crippen LogP contribution in [0.5, 0.6) is 0 Å². The number of nitrogens with zero attached hydrogens (tertiary/aromatic N) is 3. The van der Waals surface area contributed by atoms with Crippen molar-refractivity contribution in [2.75, 3.05) is 46.8 Å². The first-order valence-electron chi connectivity index (χ1n) is 8.07. The topological polar surface area (TPSA) is 56.9 Å². The Balaban J connectivity index is 0.00000220. The summed E-state index contributed by atoms with van der Waals surface area (Å²) in [6.45, 7) is 5.28. The minimum atomic E-state index is 0. The van der Waals surface area contributed by atoms with Crippen LogP contribution >= 0.6 is 24.0 Å². The summed E-state index contributed by atoms with van der Waals surface area (Å²) in [5.74, 6) is 1.42. The smallest absolute Gasteiger partial charge is 0.188 e. The van der Waals surface area contributed by atoms with Gasteiger partial charge in [-0.1, -0.05) is 6.42 Å². The molecule has 1 aliphatic heterocycles. The van der Waals surface area contributed by atoms with Crippen LogP contribution in [0.25, 0.3) is 0 Å². The Morgan fingerprint density at radius 2 is 1.90 bits per heavy atom. The summed E-state index contributed by atoms with van der Waals surface area (Å²) in [5, 5.41) is 3.24. The zero-order valence-corrected chi connectivity index (χ0v) is 15.9. The number of guanidine groups is 1. The highest BCUT2D eigenvalue weighted by Gasteiger charge is 2.20. The first-order valence-corrected chi connectivity index (χ1v) is 8.07. The quantitative estimate of drug-likeness (QED) is 0.395. The van der Waals surface area contributed by atoms with Crippen molar-refractivity contribution in [3.8, 4) is 0 Å². The van der Waals surface area contributed by atoms with Crippen LogP contribution in [0.15, 0.2) is 4.99 Å². The Labute approximate surface area is 146 Å². The lowest BCUT2D eigenvalue weighted by Crippen LogP contribution is -2.45. The van der Waals surface area contributed by atoms with E-state index < -0.39 is 0 Å². The minimum absolute atomic E-state index is 0. The number of nitrogens with two attached hydrogens (primary N) is 1. The maximum atomic E-state index is 5.89. The molecule has 0 aromatic heterocycles. The molecule has 1 saturated heterocycles. The Hall–Kier alpha value is -0.0800. The van der Waals surface area contributed by atoms with Gasteiger partial charge in [0.1, 0.15) is 0 Å². The normalized spacial score (nSPS) is 22.0. The molecule has 1 aliphatic carbocycles. The molecule has 2 rings (SSSR count). The number of hydrogen-bond acceptors (Lipinski definition) is 3. The molecule has 0 atom stereocenters. The van der Waals surface area contributed by atoms with Gasteiger partial charge in [-0.05, 0) is 58.8 Å². The minimum Gasteiger partial charge on any atom is -0.370 e. The number of likely N-dealkylation sites (tertiary alicyclic amines) is 1. The van der Waals surface area contributed by atoms with Crippen molar-refractivity contribution in [1.29, 1.82) is 0 Å². The monoisotopic (exact) mass is 409 g/mol. The van der Waals surface area contributed by atoms with Crippen molar-refractivity contribution in [3.63, 3.8) is 0 Å². The van der Waals surface area contributed by atoms with E-state index >= 15 is 0 Å². The average Bonchev–Trinajstić information content (AvgIpc) is 2.37. The van der Waals surface area contributed by atoms with Gasteiger partial charge in [-0.15, -0.1) is 24.0 Å². The van der Waals surface area contributed by atoms with Crippen molar-refractivity contribution in [2.24, 2.45) is 16.6 Å². The van der Waals surface area contributed by atoms with E-state index in [1.165, 1.54) is 45.2 Å². The SMILES string of the molecule is CN(C)C1CCN(CCNC(N)=NCC2CCC2)CC1.I. The number of rotatable bonds is 6. The third-order valence-electron chi connectivity index (χ3n) is 4.77. The van der Waals surface area contributed by atoms with Gasteiger partial charge >= 0.3 is 0 Å². The van der Waals surface area contributed by atoms with Crippen molar-refractivity contribution in [3.05, 3.63) is 0 Å². The number of hydrogen-bond donors (Lipinski definition) is 2. The summed E-state index contributed by atoms with van der Waals surface area (Å²) in [7, 11) is 4.36. The van der Waals surface area contributed by atoms with Crippen LogP contribution in [0, 0.1) is 5.92 Å². The van der Waals surface area contributed by atoms with Crippen LogP contribution < -0.4 is 11.1 Å². The summed E-state index contributed by atoms with van der Waals surface area (Å²) in [6, 6.07) is 0.758. The molecule has 124 valence electrons. The fourth-order valence-corrected chi connectivity index (χ4v) is 2.96. The molecule has 0 amide bonds. The molecule has 2 fully saturated rings. The largest absolute Gasteiger partial charge is 0.370 e. The molecule has 0 spiro atoms. The maximum absolute atomic E-state index is 5.89. The zero-order valence-electron chi connectivity index (χ0n) is 13.6. The highest BCUT2D eigenvalue weighted by atomic mass is 127. The van der Waals surface area contributed by atoms with Gasteiger partial charge in [0.05, 0.1) is 0 Å². The molecule has 0 unspecified atom stereocenters. The molecule has 21 heavy (non-hydrogen) atoms. The van der Waals surface area contributed by atoms with E-state index in [-0.39, 0.29) is 24.0 Å². The van der Waals surface area contributed by atoms with Gasteiger partial charge in [0.2, 0.25) is 0 Å². The van der Waals surface area contributed by atoms with Crippen LogP contribution in [-0.4, -0.2) is 68.6 Å². The van der Waals surface area contributed by atoms with Gasteiger partial charge < -0.3 is 20.9 Å². The standard InChI is InChI=1S/C15H31N5.HI/c1-19(2)14-6-9-20(10-7-14)11-8-17-15(16)18-12-13-4-3-5-13;/h13-14H,3-12H2,1-2H3,(H3,16,17,18);1H. The van der Waals surface area contributed by atoms with Gasteiger partial charge in [-0.3, -0.25) is 4.99 Å². The Morgan fingerprint density at radius 3 is 2.43 bits per heavy atom. The molecule has 0 radical (unpaired) electrons. The predicted octanol–water partition coefficient (Wildman–Crippen LogP) is 1.33. The summed E-state index contributed by atoms with van der Waals surface area (Å²) < 4.78 is 0. The molecular weight excluding hydrogens is 377 g/mol. The van der Waals surface area contributed by atoms with Crippen molar-refractivity contribution in [1.82, 2.24) is 15.1 Å². The maximum Gasteiger partial charge on any atom is 0.188 e. The van der Waals surface area contributed by atoms with E-state index in [9.17, 15) is 0 Å². The van der Waals surface area contributed by atoms with E-state index in [2.05, 4.69) is 34.2 Å². The third-order valence-corrected chi connectivity index (χ3v) is 4.77. The highest BCUT2D eigenvalue weighted by Crippen LogP contribution is 2.26. The van der Waals surface area contributed by atoms with Gasteiger partial charge in [-0.25, -0.2) is 0 Å². The Bertz CT molecular complexity index is 309. The fraction of sp³-hybridized carbons (Fsp3) is 0.933. The molecule has 6 heteroatoms. The number of aliphatic imine (C=N–C) groups is 1. The Kier molecular flexibility index (Phi) is 8.89. The van der Waals surface area contributed by atoms with Crippen molar-refractivity contribution in [2.45, 2.75) is 38.1 Å². The number of halogens is 1. The number of piperidine rings is 1.